The van der Waals surface area contributed by atoms with Crippen LogP contribution in [-0.2, 0) is 20.8 Å². The molecule has 1 unspecified atom stereocenters. The first-order valence-electron chi connectivity index (χ1n) is 9.70. The summed E-state index contributed by atoms with van der Waals surface area (Å²) in [6.45, 7) is 6.04. The molecule has 1 aromatic carbocycles. The summed E-state index contributed by atoms with van der Waals surface area (Å²) >= 11 is 0. The molecule has 1 fully saturated rings. The Kier molecular flexibility index (Phi) is 9.73. The number of hydrogen-bond acceptors (Lipinski definition) is 4. The molecule has 1 saturated heterocycles. The van der Waals surface area contributed by atoms with Crippen molar-refractivity contribution in [3.8, 4) is 11.8 Å². The van der Waals surface area contributed by atoms with E-state index in [2.05, 4.69) is 25.7 Å². The van der Waals surface area contributed by atoms with Gasteiger partial charge in [0.25, 0.3) is 0 Å². The molecule has 1 heterocycles. The lowest BCUT2D eigenvalue weighted by atomic mass is 10.0. The molecule has 2 rings (SSSR count). The van der Waals surface area contributed by atoms with E-state index in [1.807, 2.05) is 30.3 Å². The van der Waals surface area contributed by atoms with Crippen molar-refractivity contribution in [1.29, 1.82) is 0 Å². The topological polar surface area (TPSA) is 47.9 Å². The van der Waals surface area contributed by atoms with E-state index >= 15 is 0 Å². The number of aliphatic hydroxyl groups excluding tert-OH is 1. The highest BCUT2D eigenvalue weighted by molar-refractivity contribution is 5.14. The Hall–Kier alpha value is -1.38. The third-order valence-electron chi connectivity index (χ3n) is 4.28. The van der Waals surface area contributed by atoms with Gasteiger partial charge in [0.2, 0.25) is 0 Å². The molecule has 4 nitrogen and oxygen atoms in total. The van der Waals surface area contributed by atoms with Crippen molar-refractivity contribution in [2.45, 2.75) is 71.1 Å². The zero-order valence-corrected chi connectivity index (χ0v) is 16.0. The predicted molar refractivity (Wildman–Crippen MR) is 102 cm³/mol. The van der Waals surface area contributed by atoms with Gasteiger partial charge in [-0.1, -0.05) is 56.0 Å². The molecule has 1 aromatic rings. The average molecular weight is 360 g/mol. The number of rotatable bonds is 9. The molecular weight excluding hydrogens is 328 g/mol. The maximum absolute atomic E-state index is 10.4. The second-order valence-corrected chi connectivity index (χ2v) is 7.15. The fourth-order valence-electron chi connectivity index (χ4n) is 2.88. The van der Waals surface area contributed by atoms with E-state index in [0.29, 0.717) is 25.6 Å². The van der Waals surface area contributed by atoms with Crippen molar-refractivity contribution in [3.63, 3.8) is 0 Å². The van der Waals surface area contributed by atoms with Crippen LogP contribution >= 0.6 is 0 Å². The largest absolute Gasteiger partial charge is 0.378 e. The zero-order chi connectivity index (χ0) is 18.6. The van der Waals surface area contributed by atoms with Crippen LogP contribution in [0.3, 0.4) is 0 Å². The highest BCUT2D eigenvalue weighted by atomic mass is 16.7. The number of aliphatic hydroxyl groups is 1. The normalized spacial score (nSPS) is 19.6. The maximum Gasteiger partial charge on any atom is 0.157 e. The van der Waals surface area contributed by atoms with Crippen LogP contribution < -0.4 is 0 Å². The molecule has 3 atom stereocenters. The van der Waals surface area contributed by atoms with Gasteiger partial charge in [-0.25, -0.2) is 0 Å². The van der Waals surface area contributed by atoms with E-state index in [4.69, 9.17) is 14.2 Å². The smallest absolute Gasteiger partial charge is 0.157 e. The lowest BCUT2D eigenvalue weighted by Crippen LogP contribution is -2.29. The fraction of sp³-hybridized carbons (Fsp3) is 0.636. The number of hydrogen-bond donors (Lipinski definition) is 1. The predicted octanol–water partition coefficient (Wildman–Crippen LogP) is 3.92. The van der Waals surface area contributed by atoms with Gasteiger partial charge in [-0.3, -0.25) is 0 Å². The molecule has 144 valence electrons. The van der Waals surface area contributed by atoms with Crippen LogP contribution in [0.15, 0.2) is 30.3 Å². The summed E-state index contributed by atoms with van der Waals surface area (Å²) in [5, 5.41) is 10.4. The van der Waals surface area contributed by atoms with E-state index in [1.54, 1.807) is 0 Å². The first kappa shape index (κ1) is 20.9. The van der Waals surface area contributed by atoms with Crippen LogP contribution in [0.2, 0.25) is 0 Å². The zero-order valence-electron chi connectivity index (χ0n) is 16.0. The monoisotopic (exact) mass is 360 g/mol. The summed E-state index contributed by atoms with van der Waals surface area (Å²) in [5.74, 6) is 6.37. The first-order valence-corrected chi connectivity index (χ1v) is 9.70. The highest BCUT2D eigenvalue weighted by Gasteiger charge is 2.19. The van der Waals surface area contributed by atoms with Gasteiger partial charge in [0, 0.05) is 13.0 Å². The molecule has 0 amide bonds. The minimum atomic E-state index is -0.785. The van der Waals surface area contributed by atoms with E-state index in [9.17, 15) is 5.11 Å². The van der Waals surface area contributed by atoms with Gasteiger partial charge in [-0.2, -0.15) is 0 Å². The van der Waals surface area contributed by atoms with Crippen molar-refractivity contribution in [1.82, 2.24) is 0 Å². The standard InChI is InChI=1S/C22H32O4/c1-18(2)16-21(26-17-19-10-4-3-5-11-19)20(23)12-6-8-14-24-22-13-7-9-15-25-22/h3-5,10-11,18,20-23H,7-9,13-17H2,1-2H3/t20-,21+,22?/m0/s1. The molecule has 0 aromatic heterocycles. The Morgan fingerprint density at radius 1 is 1.23 bits per heavy atom. The lowest BCUT2D eigenvalue weighted by molar-refractivity contribution is -0.161. The summed E-state index contributed by atoms with van der Waals surface area (Å²) in [5.41, 5.74) is 1.10. The van der Waals surface area contributed by atoms with Crippen molar-refractivity contribution < 1.29 is 19.3 Å². The van der Waals surface area contributed by atoms with Crippen molar-refractivity contribution in [3.05, 3.63) is 35.9 Å². The molecule has 4 heteroatoms. The number of ether oxygens (including phenoxy) is 3. The van der Waals surface area contributed by atoms with Crippen LogP contribution in [0.1, 0.15) is 51.5 Å². The molecule has 0 spiro atoms. The fourth-order valence-corrected chi connectivity index (χ4v) is 2.88. The lowest BCUT2D eigenvalue weighted by Gasteiger charge is -2.22. The molecule has 1 N–H and O–H groups in total. The molecule has 1 aliphatic heterocycles. The summed E-state index contributed by atoms with van der Waals surface area (Å²) in [4.78, 5) is 0. The molecule has 0 radical (unpaired) electrons. The van der Waals surface area contributed by atoms with E-state index in [-0.39, 0.29) is 12.4 Å². The third kappa shape index (κ3) is 8.33. The molecule has 26 heavy (non-hydrogen) atoms. The van der Waals surface area contributed by atoms with Crippen molar-refractivity contribution in [2.75, 3.05) is 13.2 Å². The van der Waals surface area contributed by atoms with Crippen LogP contribution in [0.4, 0.5) is 0 Å². The first-order chi connectivity index (χ1) is 12.6. The summed E-state index contributed by atoms with van der Waals surface area (Å²) < 4.78 is 17.1. The van der Waals surface area contributed by atoms with E-state index in [1.165, 1.54) is 0 Å². The Bertz CT molecular complexity index is 540. The SMILES string of the molecule is CC(C)C[C@@H](OCc1ccccc1)[C@@H](O)C#CCCOC1CCCCO1. The molecule has 0 bridgehead atoms. The van der Waals surface area contributed by atoms with Gasteiger partial charge in [-0.05, 0) is 37.2 Å². The quantitative estimate of drug-likeness (QED) is 0.536. The maximum atomic E-state index is 10.4. The Morgan fingerprint density at radius 2 is 2.04 bits per heavy atom. The van der Waals surface area contributed by atoms with Crippen LogP contribution in [0.5, 0.6) is 0 Å². The molecule has 0 saturated carbocycles. The van der Waals surface area contributed by atoms with E-state index < -0.39 is 6.10 Å². The minimum absolute atomic E-state index is 0.0848. The van der Waals surface area contributed by atoms with Crippen LogP contribution in [-0.4, -0.2) is 36.8 Å². The van der Waals surface area contributed by atoms with Gasteiger partial charge in [-0.15, -0.1) is 0 Å². The van der Waals surface area contributed by atoms with Crippen LogP contribution in [0, 0.1) is 17.8 Å². The highest BCUT2D eigenvalue weighted by Crippen LogP contribution is 2.15. The minimum Gasteiger partial charge on any atom is -0.378 e. The van der Waals surface area contributed by atoms with Gasteiger partial charge in [0.05, 0.1) is 19.3 Å². The average Bonchev–Trinajstić information content (AvgIpc) is 2.66. The third-order valence-corrected chi connectivity index (χ3v) is 4.28. The van der Waals surface area contributed by atoms with Gasteiger partial charge < -0.3 is 19.3 Å². The van der Waals surface area contributed by atoms with Gasteiger partial charge in [0.15, 0.2) is 6.29 Å². The van der Waals surface area contributed by atoms with Crippen molar-refractivity contribution in [2.24, 2.45) is 5.92 Å². The van der Waals surface area contributed by atoms with Gasteiger partial charge >= 0.3 is 0 Å². The van der Waals surface area contributed by atoms with Crippen LogP contribution in [0.25, 0.3) is 0 Å². The second kappa shape index (κ2) is 12.1. The molecule has 0 aliphatic carbocycles. The summed E-state index contributed by atoms with van der Waals surface area (Å²) in [6, 6.07) is 10.0. The number of benzene rings is 1. The second-order valence-electron chi connectivity index (χ2n) is 7.15. The summed E-state index contributed by atoms with van der Waals surface area (Å²) in [7, 11) is 0. The van der Waals surface area contributed by atoms with Gasteiger partial charge in [0.1, 0.15) is 6.10 Å². The molecule has 1 aliphatic rings. The van der Waals surface area contributed by atoms with E-state index in [0.717, 1.165) is 37.9 Å². The molecular formula is C22H32O4. The van der Waals surface area contributed by atoms with Crippen molar-refractivity contribution >= 4 is 0 Å². The Balaban J connectivity index is 1.75. The Morgan fingerprint density at radius 3 is 2.73 bits per heavy atom. The summed E-state index contributed by atoms with van der Waals surface area (Å²) in [6.07, 6.45) is 3.44. The Labute approximate surface area is 157 Å².